The second-order valence-electron chi connectivity index (χ2n) is 13.4. The zero-order valence-corrected chi connectivity index (χ0v) is 38.3. The minimum Gasteiger partial charge on any atom is -0.352 e. The fourth-order valence-corrected chi connectivity index (χ4v) is 6.75. The summed E-state index contributed by atoms with van der Waals surface area (Å²) in [6, 6.07) is 33.9. The van der Waals surface area contributed by atoms with Gasteiger partial charge in [0.25, 0.3) is 11.8 Å². The van der Waals surface area contributed by atoms with E-state index in [2.05, 4.69) is 90.5 Å². The first kappa shape index (κ1) is 47.9. The van der Waals surface area contributed by atoms with Crippen LogP contribution in [0.15, 0.2) is 133 Å². The third-order valence-electron chi connectivity index (χ3n) is 8.71. The van der Waals surface area contributed by atoms with Gasteiger partial charge in [-0.2, -0.15) is 0 Å². The van der Waals surface area contributed by atoms with Crippen LogP contribution in [0.1, 0.15) is 49.9 Å². The maximum absolute atomic E-state index is 14.6. The molecule has 320 valence electrons. The van der Waals surface area contributed by atoms with Crippen LogP contribution in [0.3, 0.4) is 0 Å². The third-order valence-corrected chi connectivity index (χ3v) is 10.0. The van der Waals surface area contributed by atoms with E-state index in [1.165, 1.54) is 12.1 Å². The molecule has 0 aliphatic heterocycles. The van der Waals surface area contributed by atoms with Gasteiger partial charge in [-0.3, -0.25) is 19.3 Å². The number of nitrogens with one attached hydrogen (secondary N) is 4. The zero-order chi connectivity index (χ0) is 45.3. The van der Waals surface area contributed by atoms with E-state index >= 15 is 0 Å². The molecule has 0 atom stereocenters. The smallest absolute Gasteiger partial charge is 0.277 e. The molecule has 6 aromatic rings. The summed E-state index contributed by atoms with van der Waals surface area (Å²) in [6.07, 6.45) is 1.70. The third kappa shape index (κ3) is 14.4. The number of carbonyl (C=O) groups excluding carboxylic acids is 2. The van der Waals surface area contributed by atoms with E-state index in [1.54, 1.807) is 18.2 Å². The van der Waals surface area contributed by atoms with Crippen LogP contribution in [-0.2, 0) is 9.68 Å². The lowest BCUT2D eigenvalue weighted by Gasteiger charge is -2.15. The lowest BCUT2D eigenvalue weighted by Crippen LogP contribution is -2.25. The van der Waals surface area contributed by atoms with Crippen molar-refractivity contribution < 1.29 is 36.8 Å². The van der Waals surface area contributed by atoms with E-state index < -0.39 is 35.1 Å². The van der Waals surface area contributed by atoms with Crippen molar-refractivity contribution in [2.24, 2.45) is 0 Å². The molecular formula is C49H38F4I2N4O4. The highest BCUT2D eigenvalue weighted by Gasteiger charge is 2.21. The molecule has 0 bridgehead atoms. The molecule has 6 rings (SSSR count). The molecule has 0 unspecified atom stereocenters. The normalized spacial score (nSPS) is 10.5. The number of hydrogen-bond acceptors (Lipinski definition) is 6. The molecule has 0 saturated carbocycles. The van der Waals surface area contributed by atoms with Gasteiger partial charge in [-0.05, 0) is 174 Å². The minimum absolute atomic E-state index is 0.0592. The number of rotatable bonds is 11. The van der Waals surface area contributed by atoms with E-state index in [-0.39, 0.29) is 35.7 Å². The molecule has 0 saturated heterocycles. The summed E-state index contributed by atoms with van der Waals surface area (Å²) in [5.74, 6) is 5.81. The quantitative estimate of drug-likeness (QED) is 0.0339. The van der Waals surface area contributed by atoms with E-state index in [0.717, 1.165) is 47.1 Å². The van der Waals surface area contributed by atoms with E-state index in [1.807, 2.05) is 106 Å². The number of halogens is 6. The lowest BCUT2D eigenvalue weighted by atomic mass is 10.1. The largest absolute Gasteiger partial charge is 0.352 e. The molecule has 6 aromatic carbocycles. The van der Waals surface area contributed by atoms with Crippen LogP contribution in [-0.4, -0.2) is 25.0 Å². The molecule has 4 N–H and O–H groups in total. The van der Waals surface area contributed by atoms with Crippen molar-refractivity contribution in [2.75, 3.05) is 23.8 Å². The van der Waals surface area contributed by atoms with Crippen molar-refractivity contribution in [1.82, 2.24) is 11.0 Å². The van der Waals surface area contributed by atoms with Crippen LogP contribution in [0.5, 0.6) is 0 Å². The van der Waals surface area contributed by atoms with Crippen LogP contribution in [0.2, 0.25) is 0 Å². The first-order chi connectivity index (χ1) is 30.3. The van der Waals surface area contributed by atoms with Crippen LogP contribution in [0.25, 0.3) is 0 Å². The molecule has 63 heavy (non-hydrogen) atoms. The van der Waals surface area contributed by atoms with Crippen molar-refractivity contribution in [3.63, 3.8) is 0 Å². The summed E-state index contributed by atoms with van der Waals surface area (Å²) in [5.41, 5.74) is 8.99. The van der Waals surface area contributed by atoms with Crippen LogP contribution in [0.4, 0.5) is 40.3 Å². The van der Waals surface area contributed by atoms with Crippen molar-refractivity contribution in [2.45, 2.75) is 20.8 Å². The number of anilines is 4. The van der Waals surface area contributed by atoms with Crippen LogP contribution in [0, 0.1) is 67.9 Å². The second kappa shape index (κ2) is 23.9. The SMILES string of the molecule is CC(C#Cc1ccccc1)=CCONC(=O)c1ccc(F)c(F)c1Nc1ccc(I)cc1C.Cc1cc(I)ccc1Nc1c(C(=O)NOCC#Cc2ccccc2)ccc(F)c1F. The molecule has 0 aliphatic carbocycles. The number of aryl methyl sites for hydroxylation is 2. The van der Waals surface area contributed by atoms with E-state index in [0.29, 0.717) is 11.4 Å². The lowest BCUT2D eigenvalue weighted by molar-refractivity contribution is 0.0420. The van der Waals surface area contributed by atoms with Gasteiger partial charge in [-0.15, -0.1) is 0 Å². The Labute approximate surface area is 390 Å². The Kier molecular flexibility index (Phi) is 18.1. The molecule has 0 aromatic heterocycles. The number of benzene rings is 6. The van der Waals surface area contributed by atoms with Gasteiger partial charge >= 0.3 is 0 Å². The average molecular weight is 1080 g/mol. The van der Waals surface area contributed by atoms with Gasteiger partial charge in [0.05, 0.1) is 29.1 Å². The molecule has 0 aliphatic rings. The van der Waals surface area contributed by atoms with Crippen LogP contribution < -0.4 is 21.6 Å². The zero-order valence-electron chi connectivity index (χ0n) is 33.9. The van der Waals surface area contributed by atoms with Gasteiger partial charge in [-0.25, -0.2) is 28.5 Å². The van der Waals surface area contributed by atoms with Gasteiger partial charge in [0.15, 0.2) is 23.3 Å². The maximum atomic E-state index is 14.6. The number of carbonyl (C=O) groups is 2. The maximum Gasteiger partial charge on any atom is 0.277 e. The Hall–Kier alpha value is -6.18. The molecule has 2 amide bonds. The summed E-state index contributed by atoms with van der Waals surface area (Å²) in [5, 5.41) is 5.65. The Morgan fingerprint density at radius 2 is 1.08 bits per heavy atom. The molecule has 8 nitrogen and oxygen atoms in total. The second-order valence-corrected chi connectivity index (χ2v) is 15.9. The van der Waals surface area contributed by atoms with E-state index in [4.69, 9.17) is 9.68 Å². The molecule has 0 heterocycles. The average Bonchev–Trinajstić information content (AvgIpc) is 3.27. The topological polar surface area (TPSA) is 101 Å². The van der Waals surface area contributed by atoms with E-state index in [9.17, 15) is 27.2 Å². The molecule has 0 fully saturated rings. The number of hydrogen-bond donors (Lipinski definition) is 4. The predicted octanol–water partition coefficient (Wildman–Crippen LogP) is 11.6. The molecule has 0 spiro atoms. The number of amides is 2. The van der Waals surface area contributed by atoms with Crippen molar-refractivity contribution in [3.05, 3.63) is 197 Å². The highest BCUT2D eigenvalue weighted by atomic mass is 127. The first-order valence-electron chi connectivity index (χ1n) is 18.9. The van der Waals surface area contributed by atoms with Crippen LogP contribution >= 0.6 is 45.2 Å². The summed E-state index contributed by atoms with van der Waals surface area (Å²) < 4.78 is 58.7. The Morgan fingerprint density at radius 1 is 0.619 bits per heavy atom. The monoisotopic (exact) mass is 1080 g/mol. The molecular weight excluding hydrogens is 1040 g/mol. The number of allylic oxidation sites excluding steroid dienone is 1. The standard InChI is InChI=1S/C26H21F2IN2O2.C23H17F2IN2O2/c1-17(8-9-19-6-4-3-5-7-19)14-15-33-31-26(32)21-11-12-22(27)24(28)25(21)30-23-13-10-20(29)16-18(23)2;1-15-14-17(26)9-12-20(15)27-22-18(10-11-19(24)21(22)25)23(29)28-30-13-5-8-16-6-3-2-4-7-16/h3-7,10-14,16,30H,15H2,1-2H3,(H,31,32);2-4,6-7,9-12,14,27H,13H2,1H3,(H,28,29). The highest BCUT2D eigenvalue weighted by molar-refractivity contribution is 14.1. The first-order valence-corrected chi connectivity index (χ1v) is 21.1. The Morgan fingerprint density at radius 3 is 1.56 bits per heavy atom. The Bertz CT molecular complexity index is 2750. The number of hydroxylamine groups is 2. The fourth-order valence-electron chi connectivity index (χ4n) is 5.45. The predicted molar refractivity (Wildman–Crippen MR) is 254 cm³/mol. The molecule has 0 radical (unpaired) electrons. The summed E-state index contributed by atoms with van der Waals surface area (Å²) in [6.45, 7) is 5.48. The van der Waals surface area contributed by atoms with Gasteiger partial charge in [0, 0.05) is 29.6 Å². The van der Waals surface area contributed by atoms with Gasteiger partial charge in [0.2, 0.25) is 0 Å². The summed E-state index contributed by atoms with van der Waals surface area (Å²) in [7, 11) is 0. The Balaban J connectivity index is 0.000000239. The fraction of sp³-hybridized carbons (Fsp3) is 0.102. The summed E-state index contributed by atoms with van der Waals surface area (Å²) in [4.78, 5) is 35.3. The van der Waals surface area contributed by atoms with Crippen molar-refractivity contribution in [1.29, 1.82) is 0 Å². The van der Waals surface area contributed by atoms with Crippen molar-refractivity contribution >= 4 is 79.7 Å². The van der Waals surface area contributed by atoms with Crippen molar-refractivity contribution in [3.8, 4) is 23.7 Å². The van der Waals surface area contributed by atoms with Gasteiger partial charge in [-0.1, -0.05) is 60.1 Å². The summed E-state index contributed by atoms with van der Waals surface area (Å²) >= 11 is 4.31. The molecule has 14 heteroatoms. The highest BCUT2D eigenvalue weighted by Crippen LogP contribution is 2.30. The minimum atomic E-state index is -1.15. The van der Waals surface area contributed by atoms with Gasteiger partial charge in [0.1, 0.15) is 6.61 Å². The van der Waals surface area contributed by atoms with Gasteiger partial charge < -0.3 is 10.6 Å².